The van der Waals surface area contributed by atoms with Gasteiger partial charge in [0.2, 0.25) is 0 Å². The number of hydrogen-bond donors (Lipinski definition) is 2. The van der Waals surface area contributed by atoms with Crippen molar-refractivity contribution in [1.82, 2.24) is 20.4 Å². The van der Waals surface area contributed by atoms with Crippen molar-refractivity contribution < 1.29 is 9.32 Å². The molecule has 0 atom stereocenters. The molecule has 0 radical (unpaired) electrons. The summed E-state index contributed by atoms with van der Waals surface area (Å²) in [5.41, 5.74) is 3.99. The predicted octanol–water partition coefficient (Wildman–Crippen LogP) is 3.16. The van der Waals surface area contributed by atoms with Crippen LogP contribution in [0.1, 0.15) is 40.6 Å². The van der Waals surface area contributed by atoms with E-state index in [1.165, 1.54) is 11.9 Å². The van der Waals surface area contributed by atoms with Crippen LogP contribution in [0.25, 0.3) is 11.1 Å². The fourth-order valence-corrected chi connectivity index (χ4v) is 3.42. The first kappa shape index (κ1) is 17.4. The predicted molar refractivity (Wildman–Crippen MR) is 102 cm³/mol. The van der Waals surface area contributed by atoms with Crippen molar-refractivity contribution in [3.8, 4) is 11.1 Å². The van der Waals surface area contributed by atoms with Crippen molar-refractivity contribution >= 4 is 11.6 Å². The molecule has 0 unspecified atom stereocenters. The van der Waals surface area contributed by atoms with Crippen LogP contribution in [-0.4, -0.2) is 34.1 Å². The molecule has 7 nitrogen and oxygen atoms in total. The van der Waals surface area contributed by atoms with E-state index < -0.39 is 0 Å². The van der Waals surface area contributed by atoms with Gasteiger partial charge < -0.3 is 15.2 Å². The van der Waals surface area contributed by atoms with Gasteiger partial charge in [0, 0.05) is 35.3 Å². The molecule has 0 bridgehead atoms. The van der Waals surface area contributed by atoms with E-state index in [2.05, 4.69) is 37.9 Å². The Labute approximate surface area is 157 Å². The minimum absolute atomic E-state index is 0.255. The van der Waals surface area contributed by atoms with Crippen LogP contribution in [-0.2, 0) is 0 Å². The van der Waals surface area contributed by atoms with E-state index in [9.17, 15) is 4.79 Å². The number of carbonyl (C=O) groups excluding carboxylic acids is 1. The first-order valence-electron chi connectivity index (χ1n) is 9.05. The van der Waals surface area contributed by atoms with E-state index in [1.54, 1.807) is 25.4 Å². The molecule has 2 aromatic heterocycles. The zero-order valence-corrected chi connectivity index (χ0v) is 15.1. The third-order valence-corrected chi connectivity index (χ3v) is 4.83. The van der Waals surface area contributed by atoms with Gasteiger partial charge in [-0.25, -0.2) is 9.97 Å². The number of amides is 1. The largest absolute Gasteiger partial charge is 0.361 e. The van der Waals surface area contributed by atoms with Gasteiger partial charge in [0.1, 0.15) is 12.1 Å². The van der Waals surface area contributed by atoms with Crippen LogP contribution in [0.2, 0.25) is 0 Å². The molecule has 1 fully saturated rings. The molecule has 27 heavy (non-hydrogen) atoms. The maximum Gasteiger partial charge on any atom is 0.277 e. The molecule has 3 heterocycles. The summed E-state index contributed by atoms with van der Waals surface area (Å²) in [5.74, 6) is 0.801. The number of nitrogens with one attached hydrogen (secondary N) is 2. The standard InChI is InChI=1S/C20H21N5O2/c1-13-8-19(25-27-13)20(26)24-18-3-2-15(14-4-6-21-7-5-14)9-17(18)16-10-22-12-23-11-16/h2-3,8-12,14,21H,4-7H2,1H3,(H,24,26). The number of aromatic nitrogens is 3. The smallest absolute Gasteiger partial charge is 0.277 e. The molecule has 7 heteroatoms. The number of benzene rings is 1. The zero-order valence-electron chi connectivity index (χ0n) is 15.1. The van der Waals surface area contributed by atoms with Gasteiger partial charge in [0.15, 0.2) is 5.69 Å². The molecular weight excluding hydrogens is 342 g/mol. The summed E-state index contributed by atoms with van der Waals surface area (Å²) >= 11 is 0. The quantitative estimate of drug-likeness (QED) is 0.740. The SMILES string of the molecule is Cc1cc(C(=O)Nc2ccc(C3CCNCC3)cc2-c2cncnc2)no1. The Morgan fingerprint density at radius 3 is 2.67 bits per heavy atom. The van der Waals surface area contributed by atoms with Crippen molar-refractivity contribution in [2.45, 2.75) is 25.7 Å². The molecule has 2 N–H and O–H groups in total. The first-order valence-corrected chi connectivity index (χ1v) is 9.05. The Morgan fingerprint density at radius 1 is 1.19 bits per heavy atom. The molecule has 0 aliphatic carbocycles. The number of rotatable bonds is 4. The van der Waals surface area contributed by atoms with Crippen LogP contribution in [0.3, 0.4) is 0 Å². The van der Waals surface area contributed by atoms with E-state index in [0.717, 1.165) is 37.1 Å². The number of anilines is 1. The lowest BCUT2D eigenvalue weighted by molar-refractivity contribution is 0.101. The molecule has 138 valence electrons. The Morgan fingerprint density at radius 2 is 1.96 bits per heavy atom. The number of carbonyl (C=O) groups is 1. The third kappa shape index (κ3) is 3.88. The van der Waals surface area contributed by atoms with Crippen LogP contribution in [0.5, 0.6) is 0 Å². The molecule has 1 aliphatic rings. The van der Waals surface area contributed by atoms with Crippen LogP contribution in [0.4, 0.5) is 5.69 Å². The lowest BCUT2D eigenvalue weighted by Gasteiger charge is -2.24. The van der Waals surface area contributed by atoms with E-state index >= 15 is 0 Å². The lowest BCUT2D eigenvalue weighted by Crippen LogP contribution is -2.26. The average molecular weight is 363 g/mol. The summed E-state index contributed by atoms with van der Waals surface area (Å²) in [6, 6.07) is 7.79. The molecule has 1 aliphatic heterocycles. The van der Waals surface area contributed by atoms with Crippen molar-refractivity contribution in [3.05, 3.63) is 60.0 Å². The van der Waals surface area contributed by atoms with Gasteiger partial charge in [-0.2, -0.15) is 0 Å². The number of nitrogens with zero attached hydrogens (tertiary/aromatic N) is 3. The second-order valence-corrected chi connectivity index (χ2v) is 6.73. The summed E-state index contributed by atoms with van der Waals surface area (Å²) in [4.78, 5) is 20.8. The summed E-state index contributed by atoms with van der Waals surface area (Å²) < 4.78 is 5.00. The van der Waals surface area contributed by atoms with E-state index in [1.807, 2.05) is 6.07 Å². The van der Waals surface area contributed by atoms with Gasteiger partial charge in [-0.3, -0.25) is 4.79 Å². The third-order valence-electron chi connectivity index (χ3n) is 4.83. The molecule has 1 aromatic carbocycles. The molecule has 0 spiro atoms. The maximum atomic E-state index is 12.5. The Hall–Kier alpha value is -3.06. The van der Waals surface area contributed by atoms with E-state index in [-0.39, 0.29) is 11.6 Å². The van der Waals surface area contributed by atoms with Gasteiger partial charge in [0.05, 0.1) is 0 Å². The van der Waals surface area contributed by atoms with E-state index in [4.69, 9.17) is 4.52 Å². The van der Waals surface area contributed by atoms with Gasteiger partial charge in [-0.1, -0.05) is 11.2 Å². The monoisotopic (exact) mass is 363 g/mol. The van der Waals surface area contributed by atoms with E-state index in [0.29, 0.717) is 17.4 Å². The number of hydrogen-bond acceptors (Lipinski definition) is 6. The average Bonchev–Trinajstić information content (AvgIpc) is 3.16. The fourth-order valence-electron chi connectivity index (χ4n) is 3.42. The fraction of sp³-hybridized carbons (Fsp3) is 0.300. The molecule has 3 aromatic rings. The van der Waals surface area contributed by atoms with Crippen molar-refractivity contribution in [1.29, 1.82) is 0 Å². The maximum absolute atomic E-state index is 12.5. The van der Waals surface area contributed by atoms with Gasteiger partial charge in [-0.05, 0) is 56.5 Å². The highest BCUT2D eigenvalue weighted by atomic mass is 16.5. The molecule has 1 amide bonds. The van der Waals surface area contributed by atoms with Gasteiger partial charge in [-0.15, -0.1) is 0 Å². The normalized spacial score (nSPS) is 14.9. The van der Waals surface area contributed by atoms with Crippen molar-refractivity contribution in [2.75, 3.05) is 18.4 Å². The van der Waals surface area contributed by atoms with Crippen LogP contribution in [0, 0.1) is 6.92 Å². The molecule has 4 rings (SSSR count). The summed E-state index contributed by atoms with van der Waals surface area (Å²) in [6.07, 6.45) is 7.22. The second-order valence-electron chi connectivity index (χ2n) is 6.73. The summed E-state index contributed by atoms with van der Waals surface area (Å²) in [5, 5.41) is 10.1. The highest BCUT2D eigenvalue weighted by Crippen LogP contribution is 2.33. The topological polar surface area (TPSA) is 92.9 Å². The molecular formula is C20H21N5O2. The highest BCUT2D eigenvalue weighted by Gasteiger charge is 2.19. The van der Waals surface area contributed by atoms with Crippen LogP contribution < -0.4 is 10.6 Å². The molecule has 0 saturated carbocycles. The first-order chi connectivity index (χ1) is 13.2. The van der Waals surface area contributed by atoms with Crippen molar-refractivity contribution in [2.24, 2.45) is 0 Å². The Kier molecular flexibility index (Phi) is 4.93. The zero-order chi connectivity index (χ0) is 18.6. The van der Waals surface area contributed by atoms with Crippen molar-refractivity contribution in [3.63, 3.8) is 0 Å². The lowest BCUT2D eigenvalue weighted by atomic mass is 9.88. The minimum atomic E-state index is -0.306. The minimum Gasteiger partial charge on any atom is -0.361 e. The second kappa shape index (κ2) is 7.67. The molecule has 1 saturated heterocycles. The summed E-state index contributed by atoms with van der Waals surface area (Å²) in [6.45, 7) is 3.81. The number of piperidine rings is 1. The van der Waals surface area contributed by atoms with Gasteiger partial charge >= 0.3 is 0 Å². The van der Waals surface area contributed by atoms with Crippen LogP contribution >= 0.6 is 0 Å². The Balaban J connectivity index is 1.68. The van der Waals surface area contributed by atoms with Crippen LogP contribution in [0.15, 0.2) is 47.5 Å². The number of aryl methyl sites for hydroxylation is 1. The van der Waals surface area contributed by atoms with Gasteiger partial charge in [0.25, 0.3) is 5.91 Å². The summed E-state index contributed by atoms with van der Waals surface area (Å²) in [7, 11) is 0. The Bertz CT molecular complexity index is 933. The highest BCUT2D eigenvalue weighted by molar-refractivity contribution is 6.05.